The molecular formula is C18H16N2O4. The summed E-state index contributed by atoms with van der Waals surface area (Å²) in [5.74, 6) is 0.0773. The van der Waals surface area contributed by atoms with Crippen LogP contribution in [0.3, 0.4) is 0 Å². The fourth-order valence-corrected chi connectivity index (χ4v) is 2.27. The maximum atomic E-state index is 12.2. The Morgan fingerprint density at radius 2 is 1.92 bits per heavy atom. The molecule has 0 fully saturated rings. The number of phenolic OH excluding ortho intramolecular Hbond substituents is 2. The Balaban J connectivity index is 1.74. The molecule has 3 N–H and O–H groups in total. The van der Waals surface area contributed by atoms with E-state index >= 15 is 0 Å². The van der Waals surface area contributed by atoms with Crippen molar-refractivity contribution in [1.82, 2.24) is 10.3 Å². The molecule has 0 unspecified atom stereocenters. The van der Waals surface area contributed by atoms with E-state index in [-0.39, 0.29) is 17.1 Å². The van der Waals surface area contributed by atoms with Gasteiger partial charge in [0.15, 0.2) is 5.76 Å². The minimum Gasteiger partial charge on any atom is -0.508 e. The first-order chi connectivity index (χ1) is 11.5. The fourth-order valence-electron chi connectivity index (χ4n) is 2.27. The summed E-state index contributed by atoms with van der Waals surface area (Å²) in [5.41, 5.74) is 0.959. The zero-order valence-corrected chi connectivity index (χ0v) is 12.9. The molecule has 122 valence electrons. The summed E-state index contributed by atoms with van der Waals surface area (Å²) in [4.78, 5) is 16.4. The number of nitrogens with zero attached hydrogens (tertiary/aromatic N) is 1. The summed E-state index contributed by atoms with van der Waals surface area (Å²) in [6, 6.07) is 12.8. The SMILES string of the molecule is C[C@@H](NC(=O)c1ccc(O)cc1O)c1ncc(-c2ccccc2)o1. The van der Waals surface area contributed by atoms with Crippen LogP contribution in [0.5, 0.6) is 11.5 Å². The normalized spacial score (nSPS) is 11.9. The monoisotopic (exact) mass is 324 g/mol. The number of hydrogen-bond donors (Lipinski definition) is 3. The highest BCUT2D eigenvalue weighted by molar-refractivity contribution is 5.97. The third-order valence-corrected chi connectivity index (χ3v) is 3.53. The summed E-state index contributed by atoms with van der Waals surface area (Å²) in [5, 5.41) is 21.7. The number of rotatable bonds is 4. The molecule has 0 saturated heterocycles. The lowest BCUT2D eigenvalue weighted by atomic mass is 10.1. The first-order valence-corrected chi connectivity index (χ1v) is 7.38. The Bertz CT molecular complexity index is 858. The Labute approximate surface area is 138 Å². The average Bonchev–Trinajstić information content (AvgIpc) is 3.05. The van der Waals surface area contributed by atoms with E-state index in [2.05, 4.69) is 10.3 Å². The molecule has 1 amide bonds. The molecule has 1 heterocycles. The quantitative estimate of drug-likeness (QED) is 0.684. The number of oxazole rings is 1. The second-order valence-electron chi connectivity index (χ2n) is 5.33. The van der Waals surface area contributed by atoms with E-state index in [0.29, 0.717) is 11.7 Å². The van der Waals surface area contributed by atoms with Gasteiger partial charge in [-0.2, -0.15) is 0 Å². The molecule has 3 aromatic rings. The molecule has 1 aromatic heterocycles. The number of aromatic hydroxyl groups is 2. The topological polar surface area (TPSA) is 95.6 Å². The van der Waals surface area contributed by atoms with Crippen molar-refractivity contribution >= 4 is 5.91 Å². The van der Waals surface area contributed by atoms with E-state index < -0.39 is 11.9 Å². The number of aromatic nitrogens is 1. The van der Waals surface area contributed by atoms with Crippen molar-refractivity contribution in [3.05, 3.63) is 66.2 Å². The Kier molecular flexibility index (Phi) is 4.20. The third kappa shape index (κ3) is 3.22. The number of benzene rings is 2. The molecule has 0 radical (unpaired) electrons. The van der Waals surface area contributed by atoms with Gasteiger partial charge in [-0.3, -0.25) is 4.79 Å². The maximum absolute atomic E-state index is 12.2. The fraction of sp³-hybridized carbons (Fsp3) is 0.111. The van der Waals surface area contributed by atoms with Crippen LogP contribution in [0.2, 0.25) is 0 Å². The van der Waals surface area contributed by atoms with Crippen molar-refractivity contribution in [1.29, 1.82) is 0 Å². The average molecular weight is 324 g/mol. The lowest BCUT2D eigenvalue weighted by Crippen LogP contribution is -2.26. The van der Waals surface area contributed by atoms with Gasteiger partial charge in [-0.05, 0) is 19.1 Å². The van der Waals surface area contributed by atoms with Gasteiger partial charge >= 0.3 is 0 Å². The number of hydrogen-bond acceptors (Lipinski definition) is 5. The predicted molar refractivity (Wildman–Crippen MR) is 87.6 cm³/mol. The van der Waals surface area contributed by atoms with Crippen LogP contribution in [-0.4, -0.2) is 21.1 Å². The molecule has 1 atom stereocenters. The van der Waals surface area contributed by atoms with E-state index in [1.54, 1.807) is 13.1 Å². The van der Waals surface area contributed by atoms with Gasteiger partial charge in [0, 0.05) is 11.6 Å². The van der Waals surface area contributed by atoms with E-state index in [4.69, 9.17) is 4.42 Å². The van der Waals surface area contributed by atoms with Crippen LogP contribution >= 0.6 is 0 Å². The number of carbonyl (C=O) groups is 1. The van der Waals surface area contributed by atoms with E-state index in [0.717, 1.165) is 11.6 Å². The van der Waals surface area contributed by atoms with Crippen LogP contribution in [0.25, 0.3) is 11.3 Å². The van der Waals surface area contributed by atoms with Crippen LogP contribution in [0.15, 0.2) is 59.1 Å². The van der Waals surface area contributed by atoms with Gasteiger partial charge in [0.05, 0.1) is 11.8 Å². The van der Waals surface area contributed by atoms with Crippen molar-refractivity contribution in [3.8, 4) is 22.8 Å². The summed E-state index contributed by atoms with van der Waals surface area (Å²) in [6.45, 7) is 1.73. The number of carbonyl (C=O) groups excluding carboxylic acids is 1. The molecule has 24 heavy (non-hydrogen) atoms. The minimum atomic E-state index is -0.487. The van der Waals surface area contributed by atoms with Gasteiger partial charge < -0.3 is 19.9 Å². The molecular weight excluding hydrogens is 308 g/mol. The first kappa shape index (κ1) is 15.6. The molecule has 6 nitrogen and oxygen atoms in total. The van der Waals surface area contributed by atoms with Crippen molar-refractivity contribution in [2.75, 3.05) is 0 Å². The zero-order valence-electron chi connectivity index (χ0n) is 12.9. The van der Waals surface area contributed by atoms with E-state index in [9.17, 15) is 15.0 Å². The van der Waals surface area contributed by atoms with Gasteiger partial charge in [-0.15, -0.1) is 0 Å². The van der Waals surface area contributed by atoms with Crippen LogP contribution in [0.1, 0.15) is 29.2 Å². The molecule has 0 spiro atoms. The molecule has 6 heteroatoms. The van der Waals surface area contributed by atoms with Crippen LogP contribution in [-0.2, 0) is 0 Å². The highest BCUT2D eigenvalue weighted by Crippen LogP contribution is 2.25. The summed E-state index contributed by atoms with van der Waals surface area (Å²) < 4.78 is 5.69. The standard InChI is InChI=1S/C18H16N2O4/c1-11(20-17(23)14-8-7-13(21)9-15(14)22)18-19-10-16(24-18)12-5-3-2-4-6-12/h2-11,21-22H,1H3,(H,20,23)/t11-/m1/s1. The molecule has 0 bridgehead atoms. The van der Waals surface area contributed by atoms with Crippen LogP contribution in [0, 0.1) is 0 Å². The van der Waals surface area contributed by atoms with Crippen LogP contribution < -0.4 is 5.32 Å². The molecule has 0 aliphatic carbocycles. The lowest BCUT2D eigenvalue weighted by molar-refractivity contribution is 0.0931. The highest BCUT2D eigenvalue weighted by Gasteiger charge is 2.18. The van der Waals surface area contributed by atoms with Gasteiger partial charge in [-0.1, -0.05) is 30.3 Å². The Morgan fingerprint density at radius 3 is 2.62 bits per heavy atom. The highest BCUT2D eigenvalue weighted by atomic mass is 16.4. The second kappa shape index (κ2) is 6.45. The number of nitrogens with one attached hydrogen (secondary N) is 1. The van der Waals surface area contributed by atoms with Crippen molar-refractivity contribution in [2.24, 2.45) is 0 Å². The number of phenols is 2. The number of amides is 1. The van der Waals surface area contributed by atoms with Crippen LogP contribution in [0.4, 0.5) is 0 Å². The molecule has 2 aromatic carbocycles. The Hall–Kier alpha value is -3.28. The molecule has 0 aliphatic heterocycles. The smallest absolute Gasteiger partial charge is 0.255 e. The molecule has 3 rings (SSSR count). The van der Waals surface area contributed by atoms with E-state index in [1.165, 1.54) is 12.1 Å². The molecule has 0 aliphatic rings. The summed E-state index contributed by atoms with van der Waals surface area (Å²) in [6.07, 6.45) is 1.60. The van der Waals surface area contributed by atoms with Gasteiger partial charge in [0.2, 0.25) is 5.89 Å². The first-order valence-electron chi connectivity index (χ1n) is 7.38. The summed E-state index contributed by atoms with van der Waals surface area (Å²) >= 11 is 0. The van der Waals surface area contributed by atoms with Gasteiger partial charge in [0.1, 0.15) is 17.5 Å². The third-order valence-electron chi connectivity index (χ3n) is 3.53. The maximum Gasteiger partial charge on any atom is 0.255 e. The summed E-state index contributed by atoms with van der Waals surface area (Å²) in [7, 11) is 0. The van der Waals surface area contributed by atoms with Crippen molar-refractivity contribution in [2.45, 2.75) is 13.0 Å². The zero-order chi connectivity index (χ0) is 17.1. The van der Waals surface area contributed by atoms with Crippen molar-refractivity contribution < 1.29 is 19.4 Å². The van der Waals surface area contributed by atoms with Gasteiger partial charge in [0.25, 0.3) is 5.91 Å². The van der Waals surface area contributed by atoms with Crippen molar-refractivity contribution in [3.63, 3.8) is 0 Å². The second-order valence-corrected chi connectivity index (χ2v) is 5.33. The Morgan fingerprint density at radius 1 is 1.17 bits per heavy atom. The minimum absolute atomic E-state index is 0.0643. The van der Waals surface area contributed by atoms with E-state index in [1.807, 2.05) is 30.3 Å². The lowest BCUT2D eigenvalue weighted by Gasteiger charge is -2.11. The largest absolute Gasteiger partial charge is 0.508 e. The van der Waals surface area contributed by atoms with Gasteiger partial charge in [-0.25, -0.2) is 4.98 Å². The predicted octanol–water partition coefficient (Wildman–Crippen LogP) is 3.24. The molecule has 0 saturated carbocycles.